The Morgan fingerprint density at radius 3 is 0.873 bits per heavy atom. The molecule has 2 aliphatic heterocycles. The van der Waals surface area contributed by atoms with Crippen molar-refractivity contribution < 1.29 is 49.6 Å². The molecule has 55 heavy (non-hydrogen) atoms. The van der Waals surface area contributed by atoms with Crippen LogP contribution >= 0.6 is 0 Å². The van der Waals surface area contributed by atoms with E-state index >= 15 is 0 Å². The fourth-order valence-corrected chi connectivity index (χ4v) is 13.9. The van der Waals surface area contributed by atoms with Gasteiger partial charge < -0.3 is 49.6 Å². The van der Waals surface area contributed by atoms with Gasteiger partial charge in [-0.3, -0.25) is 0 Å². The molecule has 2 saturated heterocycles. The molecule has 0 aromatic heterocycles. The topological polar surface area (TPSA) is 102 Å². The molecular weight excluding hydrogens is 833 g/mol. The number of rotatable bonds is 20. The summed E-state index contributed by atoms with van der Waals surface area (Å²) >= 11 is 0. The van der Waals surface area contributed by atoms with Gasteiger partial charge in [-0.1, -0.05) is 0 Å². The molecule has 0 bridgehead atoms. The van der Waals surface area contributed by atoms with Gasteiger partial charge in [-0.05, 0) is 157 Å². The first-order valence-electron chi connectivity index (χ1n) is 20.5. The van der Waals surface area contributed by atoms with E-state index in [9.17, 15) is 0 Å². The zero-order valence-corrected chi connectivity index (χ0v) is 47.7. The summed E-state index contributed by atoms with van der Waals surface area (Å²) in [5.74, 6) is 0. The third-order valence-corrected chi connectivity index (χ3v) is 15.7. The minimum Gasteiger partial charge on any atom is -0.415 e. The van der Waals surface area contributed by atoms with E-state index in [-0.39, 0.29) is 0 Å². The van der Waals surface area contributed by atoms with Crippen molar-refractivity contribution in [3.8, 4) is 0 Å². The van der Waals surface area contributed by atoms with Gasteiger partial charge in [0, 0.05) is 0 Å². The molecule has 2 rings (SSSR count). The van der Waals surface area contributed by atoms with E-state index in [1.807, 2.05) is 0 Å². The zero-order valence-electron chi connectivity index (χ0n) is 39.7. The average molecular weight is 920 g/mol. The van der Waals surface area contributed by atoms with E-state index in [1.165, 1.54) is 0 Å². The first-order valence-corrected chi connectivity index (χ1v) is 47.8. The summed E-state index contributed by atoms with van der Waals surface area (Å²) < 4.78 is 77.4. The maximum atomic E-state index is 7.43. The monoisotopic (exact) mass is 918 g/mol. The Bertz CT molecular complexity index is 1180. The fraction of sp³-hybridized carbons (Fsp3) is 1.00. The largest absolute Gasteiger partial charge is 0.415 e. The highest BCUT2D eigenvalue weighted by Crippen LogP contribution is 2.39. The van der Waals surface area contributed by atoms with E-state index in [1.54, 1.807) is 0 Å². The molecule has 0 radical (unpaired) electrons. The van der Waals surface area contributed by atoms with Gasteiger partial charge in [-0.2, -0.15) is 0 Å². The first-order chi connectivity index (χ1) is 24.2. The number of hydrogen-bond donors (Lipinski definition) is 0. The van der Waals surface area contributed by atoms with Crippen LogP contribution in [0.4, 0.5) is 0 Å². The van der Waals surface area contributed by atoms with Crippen molar-refractivity contribution in [2.75, 3.05) is 13.2 Å². The van der Waals surface area contributed by atoms with Crippen molar-refractivity contribution in [3.05, 3.63) is 0 Å². The van der Waals surface area contributed by atoms with Crippen LogP contribution in [0.5, 0.6) is 0 Å². The second-order valence-electron chi connectivity index (χ2n) is 23.2. The lowest BCUT2D eigenvalue weighted by Gasteiger charge is -2.54. The molecule has 328 valence electrons. The van der Waals surface area contributed by atoms with Gasteiger partial charge in [0.25, 0.3) is 0 Å². The standard InChI is InChI=1S/C36H86O11Si8/c1-48(2,3)37-25-27-30(43-51(10,11)12)32(45-53(16,17)18)34(46-54(19,20)21)35(39-27)41-33-31(44-52(13,14)15)29(42-50(7,8)9)28(26-38-49(4,5)6)40-36(33)47-55(22,23)24/h27-36H,25-26H2,1-24H3. The van der Waals surface area contributed by atoms with Gasteiger partial charge >= 0.3 is 0 Å². The molecule has 11 nitrogen and oxygen atoms in total. The summed E-state index contributed by atoms with van der Waals surface area (Å²) in [6, 6.07) is 0. The highest BCUT2D eigenvalue weighted by Gasteiger charge is 2.57. The fourth-order valence-electron chi connectivity index (χ4n) is 6.26. The van der Waals surface area contributed by atoms with Crippen molar-refractivity contribution >= 4 is 66.5 Å². The van der Waals surface area contributed by atoms with Crippen LogP contribution in [0.2, 0.25) is 157 Å². The molecule has 0 aromatic rings. The highest BCUT2D eigenvalue weighted by molar-refractivity contribution is 6.72. The Morgan fingerprint density at radius 1 is 0.291 bits per heavy atom. The Balaban J connectivity index is 2.91. The summed E-state index contributed by atoms with van der Waals surface area (Å²) in [5.41, 5.74) is 0. The number of hydrogen-bond acceptors (Lipinski definition) is 11. The normalized spacial score (nSPS) is 31.2. The smallest absolute Gasteiger partial charge is 0.187 e. The third-order valence-electron chi connectivity index (χ3n) is 7.75. The zero-order chi connectivity index (χ0) is 43.0. The Morgan fingerprint density at radius 2 is 0.564 bits per heavy atom. The summed E-state index contributed by atoms with van der Waals surface area (Å²) in [7, 11) is -17.0. The van der Waals surface area contributed by atoms with Gasteiger partial charge in [0.2, 0.25) is 0 Å². The van der Waals surface area contributed by atoms with Crippen molar-refractivity contribution in [1.82, 2.24) is 0 Å². The molecule has 2 aliphatic rings. The Kier molecular flexibility index (Phi) is 18.2. The van der Waals surface area contributed by atoms with Gasteiger partial charge in [0.15, 0.2) is 79.1 Å². The molecule has 10 unspecified atom stereocenters. The molecule has 0 saturated carbocycles. The molecule has 19 heteroatoms. The summed E-state index contributed by atoms with van der Waals surface area (Å²) in [5, 5.41) is 0. The quantitative estimate of drug-likeness (QED) is 0.109. The second kappa shape index (κ2) is 19.1. The predicted octanol–water partition coefficient (Wildman–Crippen LogP) is 9.48. The SMILES string of the molecule is C[Si](C)(C)OCC1OC(O[Si](C)(C)C)C(OC2OC(CO[Si](C)(C)C)C(O[Si](C)(C)C)C(O[Si](C)(C)C)C2O[Si](C)(C)C)C(O[Si](C)(C)C)C1O[Si](C)(C)C. The van der Waals surface area contributed by atoms with Crippen LogP contribution in [0, 0.1) is 0 Å². The van der Waals surface area contributed by atoms with Crippen molar-refractivity contribution in [2.45, 2.75) is 219 Å². The minimum atomic E-state index is -2.23. The van der Waals surface area contributed by atoms with E-state index in [4.69, 9.17) is 49.6 Å². The van der Waals surface area contributed by atoms with Crippen molar-refractivity contribution in [3.63, 3.8) is 0 Å². The van der Waals surface area contributed by atoms with Crippen LogP contribution in [0.15, 0.2) is 0 Å². The third kappa shape index (κ3) is 20.6. The van der Waals surface area contributed by atoms with Crippen LogP contribution in [-0.2, 0) is 49.6 Å². The van der Waals surface area contributed by atoms with Crippen LogP contribution in [0.1, 0.15) is 0 Å². The van der Waals surface area contributed by atoms with Gasteiger partial charge in [0.1, 0.15) is 48.8 Å². The molecule has 2 heterocycles. The van der Waals surface area contributed by atoms with Crippen LogP contribution < -0.4 is 0 Å². The molecule has 2 fully saturated rings. The van der Waals surface area contributed by atoms with Gasteiger partial charge in [0.05, 0.1) is 13.2 Å². The minimum absolute atomic E-state index is 0.359. The molecule has 0 amide bonds. The van der Waals surface area contributed by atoms with E-state index in [0.29, 0.717) is 13.2 Å². The molecule has 0 aromatic carbocycles. The van der Waals surface area contributed by atoms with E-state index in [0.717, 1.165) is 0 Å². The predicted molar refractivity (Wildman–Crippen MR) is 246 cm³/mol. The van der Waals surface area contributed by atoms with Crippen molar-refractivity contribution in [1.29, 1.82) is 0 Å². The van der Waals surface area contributed by atoms with Gasteiger partial charge in [-0.25, -0.2) is 0 Å². The highest BCUT2D eigenvalue weighted by atomic mass is 28.4. The maximum Gasteiger partial charge on any atom is 0.187 e. The molecule has 10 atom stereocenters. The first kappa shape index (κ1) is 52.4. The number of ether oxygens (including phenoxy) is 3. The Hall–Kier alpha value is 1.30. The average Bonchev–Trinajstić information content (AvgIpc) is 2.87. The second-order valence-corrected chi connectivity index (χ2v) is 59.0. The van der Waals surface area contributed by atoms with Crippen LogP contribution in [0.25, 0.3) is 0 Å². The molecule has 0 N–H and O–H groups in total. The summed E-state index contributed by atoms with van der Waals surface area (Å²) in [6.45, 7) is 53.6. The van der Waals surface area contributed by atoms with Crippen LogP contribution in [0.3, 0.4) is 0 Å². The molecule has 0 aliphatic carbocycles. The lowest BCUT2D eigenvalue weighted by atomic mass is 9.97. The maximum absolute atomic E-state index is 7.43. The lowest BCUT2D eigenvalue weighted by Crippen LogP contribution is -2.70. The lowest BCUT2D eigenvalue weighted by molar-refractivity contribution is -0.351. The Labute approximate surface area is 346 Å². The molecule has 0 spiro atoms. The molecular formula is C36H86O11Si8. The van der Waals surface area contributed by atoms with Crippen molar-refractivity contribution in [2.24, 2.45) is 0 Å². The summed E-state index contributed by atoms with van der Waals surface area (Å²) in [6.07, 6.45) is -5.64. The van der Waals surface area contributed by atoms with Gasteiger partial charge in [-0.15, -0.1) is 0 Å². The summed E-state index contributed by atoms with van der Waals surface area (Å²) in [4.78, 5) is 0. The van der Waals surface area contributed by atoms with E-state index < -0.39 is 128 Å². The van der Waals surface area contributed by atoms with E-state index in [2.05, 4.69) is 157 Å². The van der Waals surface area contributed by atoms with Crippen LogP contribution in [-0.4, -0.2) is 141 Å².